The maximum absolute atomic E-state index is 6.25. The first-order valence-corrected chi connectivity index (χ1v) is 8.94. The number of rotatable bonds is 3. The Kier molecular flexibility index (Phi) is 4.49. The van der Waals surface area contributed by atoms with Gasteiger partial charge in [0, 0.05) is 24.2 Å². The van der Waals surface area contributed by atoms with E-state index in [9.17, 15) is 0 Å². The summed E-state index contributed by atoms with van der Waals surface area (Å²) < 4.78 is 12.3. The number of halogens is 1. The fraction of sp³-hybridized carbons (Fsp3) is 0.625. The number of thioether (sulfide) groups is 1. The topological polar surface area (TPSA) is 18.5 Å². The minimum absolute atomic E-state index is 0.0689. The Morgan fingerprint density at radius 1 is 1.50 bits per heavy atom. The van der Waals surface area contributed by atoms with Crippen LogP contribution < -0.4 is 4.74 Å². The number of benzene rings is 1. The van der Waals surface area contributed by atoms with Crippen LogP contribution in [0.4, 0.5) is 0 Å². The van der Waals surface area contributed by atoms with Crippen molar-refractivity contribution in [1.82, 2.24) is 0 Å². The molecule has 20 heavy (non-hydrogen) atoms. The minimum atomic E-state index is 0.0689. The van der Waals surface area contributed by atoms with Crippen molar-refractivity contribution >= 4 is 23.4 Å². The van der Waals surface area contributed by atoms with Gasteiger partial charge in [-0.25, -0.2) is 0 Å². The van der Waals surface area contributed by atoms with Gasteiger partial charge in [-0.1, -0.05) is 17.7 Å². The molecule has 2 nitrogen and oxygen atoms in total. The van der Waals surface area contributed by atoms with Crippen LogP contribution in [-0.2, 0) is 10.6 Å². The number of alkyl halides is 1. The number of hydrogen-bond donors (Lipinski definition) is 0. The zero-order valence-electron chi connectivity index (χ0n) is 11.9. The SMILES string of the molecule is Cc1ccc(OC2CCOC3(CCSC3)C2)c(CCl)c1. The molecule has 0 aromatic heterocycles. The molecule has 0 bridgehead atoms. The summed E-state index contributed by atoms with van der Waals surface area (Å²) in [7, 11) is 0. The Hall–Kier alpha value is -0.380. The van der Waals surface area contributed by atoms with Crippen molar-refractivity contribution in [3.8, 4) is 5.75 Å². The van der Waals surface area contributed by atoms with E-state index >= 15 is 0 Å². The molecule has 2 aliphatic heterocycles. The molecule has 2 unspecified atom stereocenters. The van der Waals surface area contributed by atoms with Crippen LogP contribution in [0.3, 0.4) is 0 Å². The molecule has 110 valence electrons. The van der Waals surface area contributed by atoms with Crippen LogP contribution in [0, 0.1) is 6.92 Å². The van der Waals surface area contributed by atoms with Gasteiger partial charge in [-0.05, 0) is 25.2 Å². The maximum atomic E-state index is 6.25. The van der Waals surface area contributed by atoms with Crippen LogP contribution in [-0.4, -0.2) is 29.8 Å². The third kappa shape index (κ3) is 3.10. The van der Waals surface area contributed by atoms with Gasteiger partial charge in [0.1, 0.15) is 11.9 Å². The van der Waals surface area contributed by atoms with E-state index < -0.39 is 0 Å². The quantitative estimate of drug-likeness (QED) is 0.781. The lowest BCUT2D eigenvalue weighted by molar-refractivity contribution is -0.0960. The Morgan fingerprint density at radius 2 is 2.40 bits per heavy atom. The molecule has 3 rings (SSSR count). The standard InChI is InChI=1S/C16H21ClO2S/c1-12-2-3-15(13(8-12)10-17)19-14-4-6-18-16(9-14)5-7-20-11-16/h2-3,8,14H,4-7,9-11H2,1H3. The van der Waals surface area contributed by atoms with Gasteiger partial charge in [-0.2, -0.15) is 11.8 Å². The summed E-state index contributed by atoms with van der Waals surface area (Å²) in [5.41, 5.74) is 2.39. The summed E-state index contributed by atoms with van der Waals surface area (Å²) in [6, 6.07) is 6.26. The van der Waals surface area contributed by atoms with Crippen LogP contribution in [0.15, 0.2) is 18.2 Å². The zero-order valence-corrected chi connectivity index (χ0v) is 13.4. The molecular weight excluding hydrogens is 292 g/mol. The summed E-state index contributed by atoms with van der Waals surface area (Å²) in [5, 5.41) is 0. The van der Waals surface area contributed by atoms with Crippen molar-refractivity contribution in [3.05, 3.63) is 29.3 Å². The minimum Gasteiger partial charge on any atom is -0.490 e. The molecule has 0 radical (unpaired) electrons. The molecule has 1 aromatic rings. The Balaban J connectivity index is 1.71. The highest BCUT2D eigenvalue weighted by molar-refractivity contribution is 7.99. The molecule has 2 heterocycles. The molecule has 2 aliphatic rings. The summed E-state index contributed by atoms with van der Waals surface area (Å²) >= 11 is 8.03. The summed E-state index contributed by atoms with van der Waals surface area (Å²) in [6.07, 6.45) is 3.40. The largest absolute Gasteiger partial charge is 0.490 e. The van der Waals surface area contributed by atoms with Gasteiger partial charge in [0.25, 0.3) is 0 Å². The highest BCUT2D eigenvalue weighted by Gasteiger charge is 2.41. The first-order valence-electron chi connectivity index (χ1n) is 7.25. The van der Waals surface area contributed by atoms with Crippen LogP contribution >= 0.6 is 23.4 Å². The van der Waals surface area contributed by atoms with E-state index in [1.54, 1.807) is 0 Å². The van der Waals surface area contributed by atoms with E-state index in [0.29, 0.717) is 5.88 Å². The van der Waals surface area contributed by atoms with Gasteiger partial charge in [0.2, 0.25) is 0 Å². The molecule has 2 fully saturated rings. The molecule has 0 aliphatic carbocycles. The number of hydrogen-bond acceptors (Lipinski definition) is 3. The fourth-order valence-corrected chi connectivity index (χ4v) is 4.64. The van der Waals surface area contributed by atoms with Crippen molar-refractivity contribution in [2.24, 2.45) is 0 Å². The van der Waals surface area contributed by atoms with Crippen LogP contribution in [0.5, 0.6) is 5.75 Å². The van der Waals surface area contributed by atoms with Gasteiger partial charge in [0.05, 0.1) is 18.1 Å². The van der Waals surface area contributed by atoms with Gasteiger partial charge in [-0.15, -0.1) is 11.6 Å². The van der Waals surface area contributed by atoms with Crippen molar-refractivity contribution in [3.63, 3.8) is 0 Å². The molecule has 4 heteroatoms. The third-order valence-electron chi connectivity index (χ3n) is 4.17. The number of ether oxygens (including phenoxy) is 2. The first kappa shape index (κ1) is 14.6. The van der Waals surface area contributed by atoms with E-state index in [0.717, 1.165) is 42.9 Å². The predicted molar refractivity (Wildman–Crippen MR) is 85.0 cm³/mol. The van der Waals surface area contributed by atoms with Crippen molar-refractivity contribution in [2.45, 2.75) is 43.8 Å². The lowest BCUT2D eigenvalue weighted by Gasteiger charge is -2.37. The summed E-state index contributed by atoms with van der Waals surface area (Å²) in [4.78, 5) is 0. The smallest absolute Gasteiger partial charge is 0.124 e. The average Bonchev–Trinajstić information content (AvgIpc) is 2.89. The van der Waals surface area contributed by atoms with E-state index in [2.05, 4.69) is 25.1 Å². The normalized spacial score (nSPS) is 29.8. The average molecular weight is 313 g/mol. The van der Waals surface area contributed by atoms with E-state index in [1.807, 2.05) is 11.8 Å². The summed E-state index contributed by atoms with van der Waals surface area (Å²) in [5.74, 6) is 3.77. The van der Waals surface area contributed by atoms with Crippen LogP contribution in [0.1, 0.15) is 30.4 Å². The number of aryl methyl sites for hydroxylation is 1. The molecule has 2 atom stereocenters. The predicted octanol–water partition coefficient (Wildman–Crippen LogP) is 4.17. The molecule has 2 saturated heterocycles. The van der Waals surface area contributed by atoms with Crippen LogP contribution in [0.25, 0.3) is 0 Å². The Bertz CT molecular complexity index is 472. The Labute approximate surface area is 130 Å². The molecular formula is C16H21ClO2S. The van der Waals surface area contributed by atoms with Crippen molar-refractivity contribution < 1.29 is 9.47 Å². The van der Waals surface area contributed by atoms with E-state index in [1.165, 1.54) is 11.3 Å². The van der Waals surface area contributed by atoms with Crippen LogP contribution in [0.2, 0.25) is 0 Å². The molecule has 0 N–H and O–H groups in total. The maximum Gasteiger partial charge on any atom is 0.124 e. The molecule has 0 saturated carbocycles. The second-order valence-corrected chi connectivity index (χ2v) is 7.18. The van der Waals surface area contributed by atoms with Gasteiger partial charge < -0.3 is 9.47 Å². The highest BCUT2D eigenvalue weighted by atomic mass is 35.5. The second kappa shape index (κ2) is 6.17. The first-order chi connectivity index (χ1) is 9.71. The Morgan fingerprint density at radius 3 is 3.15 bits per heavy atom. The molecule has 1 aromatic carbocycles. The third-order valence-corrected chi connectivity index (χ3v) is 5.68. The lowest BCUT2D eigenvalue weighted by atomic mass is 9.91. The summed E-state index contributed by atoms with van der Waals surface area (Å²) in [6.45, 7) is 2.90. The van der Waals surface area contributed by atoms with E-state index in [-0.39, 0.29) is 11.7 Å². The van der Waals surface area contributed by atoms with Gasteiger partial charge in [-0.3, -0.25) is 0 Å². The molecule has 1 spiro atoms. The van der Waals surface area contributed by atoms with E-state index in [4.69, 9.17) is 21.1 Å². The monoisotopic (exact) mass is 312 g/mol. The van der Waals surface area contributed by atoms with Crippen molar-refractivity contribution in [1.29, 1.82) is 0 Å². The lowest BCUT2D eigenvalue weighted by Crippen LogP contribution is -2.43. The highest BCUT2D eigenvalue weighted by Crippen LogP contribution is 2.39. The zero-order chi connectivity index (χ0) is 14.0. The fourth-order valence-electron chi connectivity index (χ4n) is 3.05. The second-order valence-electron chi connectivity index (χ2n) is 5.81. The van der Waals surface area contributed by atoms with Gasteiger partial charge >= 0.3 is 0 Å². The van der Waals surface area contributed by atoms with Gasteiger partial charge in [0.15, 0.2) is 0 Å². The van der Waals surface area contributed by atoms with Crippen molar-refractivity contribution in [2.75, 3.05) is 18.1 Å². The molecule has 0 amide bonds.